The number of rotatable bonds is 4. The van der Waals surface area contributed by atoms with E-state index in [2.05, 4.69) is 0 Å². The number of nitrogens with zero attached hydrogens (tertiary/aromatic N) is 2. The van der Waals surface area contributed by atoms with Gasteiger partial charge in [0.1, 0.15) is 15.7 Å². The largest absolute Gasteiger partial charge is 0.274 e. The minimum atomic E-state index is -3.50. The molecule has 0 aliphatic carbocycles. The van der Waals surface area contributed by atoms with Crippen LogP contribution in [0.25, 0.3) is 0 Å². The summed E-state index contributed by atoms with van der Waals surface area (Å²) in [5, 5.41) is 10.7. The number of hydrogen-bond acceptors (Lipinski definition) is 6. The number of nitro groups is 1. The number of anilines is 1. The third-order valence-electron chi connectivity index (χ3n) is 3.13. The van der Waals surface area contributed by atoms with E-state index in [1.165, 1.54) is 0 Å². The Labute approximate surface area is 124 Å². The van der Waals surface area contributed by atoms with Crippen molar-refractivity contribution in [3.05, 3.63) is 34.1 Å². The van der Waals surface area contributed by atoms with E-state index in [1.54, 1.807) is 0 Å². The molecule has 0 saturated carbocycles. The minimum absolute atomic E-state index is 0.381. The first-order chi connectivity index (χ1) is 10.1. The zero-order chi connectivity index (χ0) is 16.7. The van der Waals surface area contributed by atoms with E-state index in [4.69, 9.17) is 0 Å². The zero-order valence-electron chi connectivity index (χ0n) is 11.4. The molecule has 2 rings (SSSR count). The number of nitro benzene ring substituents is 1. The lowest BCUT2D eigenvalue weighted by atomic mass is 10.1. The van der Waals surface area contributed by atoms with Gasteiger partial charge in [0.05, 0.1) is 22.3 Å². The average Bonchev–Trinajstić information content (AvgIpc) is 2.63. The first-order valence-corrected chi connectivity index (χ1v) is 8.14. The molecule has 2 amide bonds. The van der Waals surface area contributed by atoms with Crippen LogP contribution in [0, 0.1) is 21.8 Å². The third-order valence-corrected chi connectivity index (χ3v) is 4.13. The van der Waals surface area contributed by atoms with Gasteiger partial charge in [-0.1, -0.05) is 0 Å². The van der Waals surface area contributed by atoms with Crippen LogP contribution < -0.4 is 4.90 Å². The second kappa shape index (κ2) is 5.44. The molecule has 1 unspecified atom stereocenters. The molecule has 0 bridgehead atoms. The van der Waals surface area contributed by atoms with Crippen LogP contribution >= 0.6 is 0 Å². The summed E-state index contributed by atoms with van der Waals surface area (Å²) in [5.41, 5.74) is -1.02. The Kier molecular flexibility index (Phi) is 3.96. The molecule has 1 aliphatic heterocycles. The second-order valence-electron chi connectivity index (χ2n) is 4.95. The summed E-state index contributed by atoms with van der Waals surface area (Å²) in [7, 11) is -3.50. The fourth-order valence-corrected chi connectivity index (χ4v) is 3.22. The van der Waals surface area contributed by atoms with Gasteiger partial charge in [-0.15, -0.1) is 0 Å². The van der Waals surface area contributed by atoms with Crippen LogP contribution in [0.4, 0.5) is 15.8 Å². The van der Waals surface area contributed by atoms with Gasteiger partial charge >= 0.3 is 0 Å². The van der Waals surface area contributed by atoms with E-state index < -0.39 is 55.4 Å². The highest BCUT2D eigenvalue weighted by Crippen LogP contribution is 2.31. The molecule has 1 heterocycles. The summed E-state index contributed by atoms with van der Waals surface area (Å²) >= 11 is 0. The number of benzene rings is 1. The summed E-state index contributed by atoms with van der Waals surface area (Å²) in [4.78, 5) is 34.4. The van der Waals surface area contributed by atoms with Crippen LogP contribution in [-0.2, 0) is 19.4 Å². The van der Waals surface area contributed by atoms with E-state index in [-0.39, 0.29) is 6.42 Å². The number of carbonyl (C=O) groups is 2. The van der Waals surface area contributed by atoms with Crippen molar-refractivity contribution in [1.29, 1.82) is 0 Å². The summed E-state index contributed by atoms with van der Waals surface area (Å²) in [5.74, 6) is -4.30. The molecule has 1 aromatic rings. The van der Waals surface area contributed by atoms with Crippen LogP contribution in [0.2, 0.25) is 0 Å². The average molecular weight is 330 g/mol. The molecule has 1 fully saturated rings. The highest BCUT2D eigenvalue weighted by atomic mass is 32.2. The predicted octanol–water partition coefficient (Wildman–Crippen LogP) is 0.658. The Morgan fingerprint density at radius 2 is 2.05 bits per heavy atom. The van der Waals surface area contributed by atoms with E-state index in [1.807, 2.05) is 0 Å². The van der Waals surface area contributed by atoms with Gasteiger partial charge in [-0.2, -0.15) is 0 Å². The number of non-ortho nitro benzene ring substituents is 1. The molecule has 118 valence electrons. The highest BCUT2D eigenvalue weighted by molar-refractivity contribution is 7.90. The molecule has 22 heavy (non-hydrogen) atoms. The summed E-state index contributed by atoms with van der Waals surface area (Å²) in [6.45, 7) is 0. The monoisotopic (exact) mass is 330 g/mol. The summed E-state index contributed by atoms with van der Waals surface area (Å²) < 4.78 is 36.3. The van der Waals surface area contributed by atoms with Crippen molar-refractivity contribution in [2.45, 2.75) is 6.42 Å². The molecule has 1 aliphatic rings. The Morgan fingerprint density at radius 3 is 2.59 bits per heavy atom. The normalized spacial score (nSPS) is 18.8. The predicted molar refractivity (Wildman–Crippen MR) is 73.4 cm³/mol. The number of carbonyl (C=O) groups excluding carboxylic acids is 2. The maximum atomic E-state index is 13.8. The quantitative estimate of drug-likeness (QED) is 0.455. The number of sulfone groups is 1. The van der Waals surface area contributed by atoms with Crippen LogP contribution in [-0.4, -0.2) is 37.2 Å². The molecule has 8 nitrogen and oxygen atoms in total. The van der Waals surface area contributed by atoms with Gasteiger partial charge in [-0.05, 0) is 6.07 Å². The molecule has 1 saturated heterocycles. The standard InChI is InChI=1S/C12H11FN2O6S/c1-22(20,21)6-7-4-11(16)14(12(7)17)10-5-8(15(18)19)2-3-9(10)13/h2-3,5,7H,4,6H2,1H3. The van der Waals surface area contributed by atoms with Crippen LogP contribution in [0.5, 0.6) is 0 Å². The first kappa shape index (κ1) is 16.0. The smallest absolute Gasteiger partial charge is 0.271 e. The SMILES string of the molecule is CS(=O)(=O)CC1CC(=O)N(c2cc([N+](=O)[O-])ccc2F)C1=O. The molecule has 1 atom stereocenters. The van der Waals surface area contributed by atoms with Crippen LogP contribution in [0.15, 0.2) is 18.2 Å². The molecule has 0 N–H and O–H groups in total. The molecular formula is C12H11FN2O6S. The van der Waals surface area contributed by atoms with Crippen molar-refractivity contribution in [1.82, 2.24) is 0 Å². The first-order valence-electron chi connectivity index (χ1n) is 6.08. The number of halogens is 1. The summed E-state index contributed by atoms with van der Waals surface area (Å²) in [6, 6.07) is 2.45. The molecule has 1 aromatic carbocycles. The lowest BCUT2D eigenvalue weighted by Gasteiger charge is -2.15. The van der Waals surface area contributed by atoms with Gasteiger partial charge < -0.3 is 0 Å². The molecular weight excluding hydrogens is 319 g/mol. The number of imide groups is 1. The van der Waals surface area contributed by atoms with E-state index in [0.29, 0.717) is 4.90 Å². The maximum absolute atomic E-state index is 13.8. The Bertz CT molecular complexity index is 776. The lowest BCUT2D eigenvalue weighted by Crippen LogP contribution is -2.32. The molecule has 0 aromatic heterocycles. The minimum Gasteiger partial charge on any atom is -0.274 e. The van der Waals surface area contributed by atoms with E-state index in [9.17, 15) is 32.5 Å². The van der Waals surface area contributed by atoms with Crippen molar-refractivity contribution in [3.63, 3.8) is 0 Å². The Balaban J connectivity index is 2.41. The number of amides is 2. The Hall–Kier alpha value is -2.36. The highest BCUT2D eigenvalue weighted by Gasteiger charge is 2.42. The fourth-order valence-electron chi connectivity index (χ4n) is 2.23. The van der Waals surface area contributed by atoms with Gasteiger partial charge in [0.15, 0.2) is 0 Å². The fraction of sp³-hybridized carbons (Fsp3) is 0.333. The van der Waals surface area contributed by atoms with Crippen molar-refractivity contribution in [2.24, 2.45) is 5.92 Å². The van der Waals surface area contributed by atoms with E-state index in [0.717, 1.165) is 24.5 Å². The molecule has 0 spiro atoms. The van der Waals surface area contributed by atoms with Gasteiger partial charge in [0.2, 0.25) is 11.8 Å². The molecule has 10 heteroatoms. The van der Waals surface area contributed by atoms with Gasteiger partial charge in [-0.25, -0.2) is 17.7 Å². The maximum Gasteiger partial charge on any atom is 0.271 e. The van der Waals surface area contributed by atoms with Crippen molar-refractivity contribution in [3.8, 4) is 0 Å². The van der Waals surface area contributed by atoms with Crippen molar-refractivity contribution >= 4 is 33.0 Å². The topological polar surface area (TPSA) is 115 Å². The van der Waals surface area contributed by atoms with E-state index >= 15 is 0 Å². The van der Waals surface area contributed by atoms with Crippen molar-refractivity contribution in [2.75, 3.05) is 16.9 Å². The van der Waals surface area contributed by atoms with Crippen LogP contribution in [0.1, 0.15) is 6.42 Å². The van der Waals surface area contributed by atoms with Crippen molar-refractivity contribution < 1.29 is 27.3 Å². The second-order valence-corrected chi connectivity index (χ2v) is 7.14. The van der Waals surface area contributed by atoms with Gasteiger partial charge in [-0.3, -0.25) is 19.7 Å². The third kappa shape index (κ3) is 3.11. The van der Waals surface area contributed by atoms with Crippen LogP contribution in [0.3, 0.4) is 0 Å². The number of hydrogen-bond donors (Lipinski definition) is 0. The lowest BCUT2D eigenvalue weighted by molar-refractivity contribution is -0.384. The summed E-state index contributed by atoms with van der Waals surface area (Å²) in [6.07, 6.45) is 0.537. The van der Waals surface area contributed by atoms with Gasteiger partial charge in [0, 0.05) is 24.8 Å². The molecule has 0 radical (unpaired) electrons. The Morgan fingerprint density at radius 1 is 1.41 bits per heavy atom. The zero-order valence-corrected chi connectivity index (χ0v) is 12.2. The van der Waals surface area contributed by atoms with Gasteiger partial charge in [0.25, 0.3) is 5.69 Å².